The van der Waals surface area contributed by atoms with Crippen LogP contribution in [-0.2, 0) is 12.3 Å². The Balaban J connectivity index is 1.63. The van der Waals surface area contributed by atoms with E-state index >= 15 is 0 Å². The largest absolute Gasteiger partial charge is 0.378 e. The molecule has 0 aliphatic heterocycles. The summed E-state index contributed by atoms with van der Waals surface area (Å²) < 4.78 is 3.58. The summed E-state index contributed by atoms with van der Waals surface area (Å²) in [5, 5.41) is 11.4. The van der Waals surface area contributed by atoms with Gasteiger partial charge < -0.3 is 4.90 Å². The third kappa shape index (κ3) is 3.96. The molecule has 0 spiro atoms. The normalized spacial score (nSPS) is 11.1. The molecule has 0 N–H and O–H groups in total. The van der Waals surface area contributed by atoms with Crippen LogP contribution in [0, 0.1) is 0 Å². The van der Waals surface area contributed by atoms with Gasteiger partial charge in [0.05, 0.1) is 5.69 Å². The molecule has 0 fully saturated rings. The van der Waals surface area contributed by atoms with E-state index in [9.17, 15) is 4.79 Å². The van der Waals surface area contributed by atoms with E-state index in [0.29, 0.717) is 17.3 Å². The van der Waals surface area contributed by atoms with Gasteiger partial charge in [-0.15, -0.1) is 28.1 Å². The van der Waals surface area contributed by atoms with Crippen molar-refractivity contribution in [3.63, 3.8) is 0 Å². The summed E-state index contributed by atoms with van der Waals surface area (Å²) in [6.07, 6.45) is 3.57. The lowest BCUT2D eigenvalue weighted by Gasteiger charge is -2.14. The highest BCUT2D eigenvalue weighted by molar-refractivity contribution is 7.98. The van der Waals surface area contributed by atoms with Gasteiger partial charge in [0.15, 0.2) is 15.9 Å². The summed E-state index contributed by atoms with van der Waals surface area (Å²) in [4.78, 5) is 19.5. The maximum Gasteiger partial charge on any atom is 0.258 e. The fraction of sp³-hybridized carbons (Fsp3) is 0.200. The Morgan fingerprint density at radius 2 is 2.14 bits per heavy atom. The standard InChI is InChI=1S/C20H20N6OS2/c1-4-8-26-18(14-6-5-7-16(11-14)24(2)3)22-23-20(26)29-13-15-12-17(27)25-9-10-28-19(25)21-15/h4-7,9-12H,1,8,13H2,2-3H3. The van der Waals surface area contributed by atoms with Gasteiger partial charge in [-0.1, -0.05) is 30.0 Å². The van der Waals surface area contributed by atoms with Crippen molar-refractivity contribution in [2.75, 3.05) is 19.0 Å². The van der Waals surface area contributed by atoms with Crippen LogP contribution < -0.4 is 10.5 Å². The quantitative estimate of drug-likeness (QED) is 0.334. The van der Waals surface area contributed by atoms with E-state index in [1.807, 2.05) is 42.3 Å². The highest BCUT2D eigenvalue weighted by atomic mass is 32.2. The molecule has 0 amide bonds. The summed E-state index contributed by atoms with van der Waals surface area (Å²) in [7, 11) is 4.02. The average molecular weight is 425 g/mol. The van der Waals surface area contributed by atoms with Crippen molar-refractivity contribution in [1.82, 2.24) is 24.1 Å². The molecule has 4 rings (SSSR count). The number of rotatable bonds is 7. The number of hydrogen-bond donors (Lipinski definition) is 0. The maximum absolute atomic E-state index is 12.2. The average Bonchev–Trinajstić information content (AvgIpc) is 3.34. The zero-order chi connectivity index (χ0) is 20.4. The lowest BCUT2D eigenvalue weighted by atomic mass is 10.2. The van der Waals surface area contributed by atoms with Crippen LogP contribution >= 0.6 is 23.1 Å². The molecule has 0 aliphatic rings. The summed E-state index contributed by atoms with van der Waals surface area (Å²) in [6.45, 7) is 4.46. The summed E-state index contributed by atoms with van der Waals surface area (Å²) in [6, 6.07) is 9.75. The van der Waals surface area contributed by atoms with Crippen LogP contribution in [0.15, 0.2) is 64.5 Å². The van der Waals surface area contributed by atoms with E-state index in [-0.39, 0.29) is 5.56 Å². The van der Waals surface area contributed by atoms with E-state index in [1.54, 1.807) is 16.7 Å². The number of thioether (sulfide) groups is 1. The van der Waals surface area contributed by atoms with Gasteiger partial charge in [-0.3, -0.25) is 13.8 Å². The molecule has 4 aromatic rings. The smallest absolute Gasteiger partial charge is 0.258 e. The molecule has 3 aromatic heterocycles. The van der Waals surface area contributed by atoms with Crippen molar-refractivity contribution >= 4 is 33.7 Å². The molecule has 1 aromatic carbocycles. The molecule has 0 saturated heterocycles. The fourth-order valence-electron chi connectivity index (χ4n) is 2.93. The number of hydrogen-bond acceptors (Lipinski definition) is 7. The molecular formula is C20H20N6OS2. The molecular weight excluding hydrogens is 404 g/mol. The number of allylic oxidation sites excluding steroid dienone is 1. The van der Waals surface area contributed by atoms with Crippen molar-refractivity contribution in [2.45, 2.75) is 17.5 Å². The highest BCUT2D eigenvalue weighted by Crippen LogP contribution is 2.28. The Bertz CT molecular complexity index is 1220. The van der Waals surface area contributed by atoms with Gasteiger partial charge >= 0.3 is 0 Å². The molecule has 29 heavy (non-hydrogen) atoms. The van der Waals surface area contributed by atoms with Gasteiger partial charge in [-0.25, -0.2) is 4.98 Å². The number of aromatic nitrogens is 5. The summed E-state index contributed by atoms with van der Waals surface area (Å²) in [5.41, 5.74) is 2.75. The van der Waals surface area contributed by atoms with E-state index in [0.717, 1.165) is 27.9 Å². The molecule has 148 valence electrons. The second-order valence-electron chi connectivity index (χ2n) is 6.58. The van der Waals surface area contributed by atoms with Gasteiger partial charge in [0.2, 0.25) is 0 Å². The van der Waals surface area contributed by atoms with Crippen LogP contribution in [0.5, 0.6) is 0 Å². The topological polar surface area (TPSA) is 68.3 Å². The van der Waals surface area contributed by atoms with Crippen LogP contribution in [-0.4, -0.2) is 38.2 Å². The van der Waals surface area contributed by atoms with Crippen LogP contribution in [0.3, 0.4) is 0 Å². The minimum atomic E-state index is -0.0689. The maximum atomic E-state index is 12.2. The zero-order valence-electron chi connectivity index (χ0n) is 16.1. The summed E-state index contributed by atoms with van der Waals surface area (Å²) in [5.74, 6) is 1.33. The van der Waals surface area contributed by atoms with E-state index in [4.69, 9.17) is 0 Å². The highest BCUT2D eigenvalue weighted by Gasteiger charge is 2.15. The van der Waals surface area contributed by atoms with E-state index in [1.165, 1.54) is 23.1 Å². The van der Waals surface area contributed by atoms with Gasteiger partial charge in [-0.2, -0.15) is 0 Å². The predicted octanol–water partition coefficient (Wildman–Crippen LogP) is 3.56. The van der Waals surface area contributed by atoms with E-state index in [2.05, 4.69) is 38.8 Å². The molecule has 0 saturated carbocycles. The monoisotopic (exact) mass is 424 g/mol. The van der Waals surface area contributed by atoms with Crippen LogP contribution in [0.2, 0.25) is 0 Å². The Morgan fingerprint density at radius 1 is 1.28 bits per heavy atom. The number of anilines is 1. The molecule has 0 bridgehead atoms. The second-order valence-corrected chi connectivity index (χ2v) is 8.40. The van der Waals surface area contributed by atoms with E-state index < -0.39 is 0 Å². The first-order chi connectivity index (χ1) is 14.1. The molecule has 7 nitrogen and oxygen atoms in total. The van der Waals surface area contributed by atoms with Crippen molar-refractivity contribution < 1.29 is 0 Å². The third-order valence-corrected chi connectivity index (χ3v) is 6.11. The number of benzene rings is 1. The number of fused-ring (bicyclic) bond motifs is 1. The molecule has 9 heteroatoms. The van der Waals surface area contributed by atoms with Crippen molar-refractivity contribution in [3.05, 3.63) is 70.6 Å². The van der Waals surface area contributed by atoms with Crippen LogP contribution in [0.4, 0.5) is 5.69 Å². The number of thiazole rings is 1. The first kappa shape index (κ1) is 19.4. The van der Waals surface area contributed by atoms with Crippen molar-refractivity contribution in [2.24, 2.45) is 0 Å². The number of nitrogens with zero attached hydrogens (tertiary/aromatic N) is 6. The molecule has 0 radical (unpaired) electrons. The zero-order valence-corrected chi connectivity index (χ0v) is 17.8. The Morgan fingerprint density at radius 3 is 2.93 bits per heavy atom. The minimum absolute atomic E-state index is 0.0689. The first-order valence-electron chi connectivity index (χ1n) is 8.97. The Kier molecular flexibility index (Phi) is 5.50. The lowest BCUT2D eigenvalue weighted by molar-refractivity contribution is 0.731. The second kappa shape index (κ2) is 8.22. The Hall–Kier alpha value is -2.91. The molecule has 0 unspecified atom stereocenters. The van der Waals surface area contributed by atoms with Crippen molar-refractivity contribution in [1.29, 1.82) is 0 Å². The van der Waals surface area contributed by atoms with Crippen molar-refractivity contribution in [3.8, 4) is 11.4 Å². The minimum Gasteiger partial charge on any atom is -0.378 e. The SMILES string of the molecule is C=CCn1c(SCc2cc(=O)n3ccsc3n2)nnc1-c1cccc(N(C)C)c1. The Labute approximate surface area is 176 Å². The fourth-order valence-corrected chi connectivity index (χ4v) is 4.51. The van der Waals surface area contributed by atoms with Gasteiger partial charge in [-0.05, 0) is 12.1 Å². The molecule has 0 atom stereocenters. The third-order valence-electron chi connectivity index (χ3n) is 4.35. The van der Waals surface area contributed by atoms with Gasteiger partial charge in [0, 0.05) is 55.3 Å². The molecule has 3 heterocycles. The molecule has 0 aliphatic carbocycles. The summed E-state index contributed by atoms with van der Waals surface area (Å²) >= 11 is 2.96. The van der Waals surface area contributed by atoms with Gasteiger partial charge in [0.25, 0.3) is 5.56 Å². The predicted molar refractivity (Wildman–Crippen MR) is 119 cm³/mol. The lowest BCUT2D eigenvalue weighted by Crippen LogP contribution is -2.12. The van der Waals surface area contributed by atoms with Gasteiger partial charge in [0.1, 0.15) is 0 Å². The van der Waals surface area contributed by atoms with Crippen LogP contribution in [0.25, 0.3) is 16.3 Å². The first-order valence-corrected chi connectivity index (χ1v) is 10.8. The van der Waals surface area contributed by atoms with Crippen LogP contribution in [0.1, 0.15) is 5.69 Å².